The van der Waals surface area contributed by atoms with Crippen molar-refractivity contribution in [2.45, 2.75) is 24.7 Å². The molecular weight excluding hydrogens is 421 g/mol. The van der Waals surface area contributed by atoms with Crippen molar-refractivity contribution in [2.24, 2.45) is 10.9 Å². The topological polar surface area (TPSA) is 45.7 Å². The minimum absolute atomic E-state index is 0. The Labute approximate surface area is 161 Å². The summed E-state index contributed by atoms with van der Waals surface area (Å²) in [4.78, 5) is 5.84. The third kappa shape index (κ3) is 10.1. The van der Waals surface area contributed by atoms with Crippen LogP contribution in [0.3, 0.4) is 0 Å². The predicted octanol–water partition coefficient (Wildman–Crippen LogP) is 3.38. The van der Waals surface area contributed by atoms with Crippen LogP contribution in [0.15, 0.2) is 40.2 Å². The van der Waals surface area contributed by atoms with Crippen molar-refractivity contribution in [2.75, 3.05) is 38.6 Å². The highest BCUT2D eigenvalue weighted by Crippen LogP contribution is 2.28. The minimum atomic E-state index is 0. The second kappa shape index (κ2) is 12.9. The molecule has 0 bridgehead atoms. The molecular formula is C17H28IN3OS. The number of thioether (sulfide) groups is 1. The molecule has 130 valence electrons. The number of benzene rings is 1. The molecule has 1 aliphatic carbocycles. The third-order valence-corrected chi connectivity index (χ3v) is 4.32. The lowest BCUT2D eigenvalue weighted by Crippen LogP contribution is -2.38. The van der Waals surface area contributed by atoms with Crippen LogP contribution >= 0.6 is 35.7 Å². The average Bonchev–Trinajstić information content (AvgIpc) is 3.36. The first kappa shape index (κ1) is 20.6. The summed E-state index contributed by atoms with van der Waals surface area (Å²) >= 11 is 1.85. The molecule has 0 aromatic heterocycles. The molecule has 1 saturated carbocycles. The standard InChI is InChI=1S/C17H27N3OS.HI/c1-2-18-17(19-10-12-21-14-15-8-9-15)20-11-13-22-16-6-4-3-5-7-16;/h3-7,15H,2,8-14H2,1H3,(H2,18,19,20);1H. The van der Waals surface area contributed by atoms with Crippen molar-refractivity contribution in [3.63, 3.8) is 0 Å². The Morgan fingerprint density at radius 3 is 2.74 bits per heavy atom. The number of hydrogen-bond acceptors (Lipinski definition) is 3. The molecule has 2 N–H and O–H groups in total. The van der Waals surface area contributed by atoms with E-state index in [1.165, 1.54) is 17.7 Å². The molecule has 6 heteroatoms. The SMILES string of the molecule is CCNC(=NCCOCC1CC1)NCCSc1ccccc1.I. The first-order chi connectivity index (χ1) is 10.9. The summed E-state index contributed by atoms with van der Waals surface area (Å²) in [6.45, 7) is 6.20. The first-order valence-corrected chi connectivity index (χ1v) is 9.15. The Morgan fingerprint density at radius 1 is 1.26 bits per heavy atom. The van der Waals surface area contributed by atoms with Crippen LogP contribution in [0.25, 0.3) is 0 Å². The lowest BCUT2D eigenvalue weighted by Gasteiger charge is -2.11. The highest BCUT2D eigenvalue weighted by Gasteiger charge is 2.20. The smallest absolute Gasteiger partial charge is 0.191 e. The van der Waals surface area contributed by atoms with Gasteiger partial charge < -0.3 is 15.4 Å². The zero-order valence-corrected chi connectivity index (χ0v) is 16.9. The van der Waals surface area contributed by atoms with E-state index in [0.29, 0.717) is 13.2 Å². The van der Waals surface area contributed by atoms with Gasteiger partial charge in [-0.1, -0.05) is 18.2 Å². The first-order valence-electron chi connectivity index (χ1n) is 8.16. The number of nitrogens with one attached hydrogen (secondary N) is 2. The van der Waals surface area contributed by atoms with Crippen molar-refractivity contribution in [1.82, 2.24) is 10.6 Å². The van der Waals surface area contributed by atoms with Crippen LogP contribution in [0.2, 0.25) is 0 Å². The number of nitrogens with zero attached hydrogens (tertiary/aromatic N) is 1. The van der Waals surface area contributed by atoms with Gasteiger partial charge in [0.1, 0.15) is 0 Å². The summed E-state index contributed by atoms with van der Waals surface area (Å²) < 4.78 is 5.60. The molecule has 0 radical (unpaired) electrons. The molecule has 0 unspecified atom stereocenters. The van der Waals surface area contributed by atoms with Gasteiger partial charge in [-0.2, -0.15) is 0 Å². The fraction of sp³-hybridized carbons (Fsp3) is 0.588. The van der Waals surface area contributed by atoms with Crippen LogP contribution in [0.4, 0.5) is 0 Å². The van der Waals surface area contributed by atoms with Gasteiger partial charge in [0.05, 0.1) is 13.2 Å². The lowest BCUT2D eigenvalue weighted by molar-refractivity contribution is 0.131. The van der Waals surface area contributed by atoms with E-state index in [1.807, 2.05) is 17.8 Å². The zero-order chi connectivity index (χ0) is 15.5. The molecule has 0 aliphatic heterocycles. The molecule has 1 aromatic carbocycles. The maximum atomic E-state index is 5.60. The zero-order valence-electron chi connectivity index (χ0n) is 13.8. The molecule has 0 saturated heterocycles. The van der Waals surface area contributed by atoms with E-state index in [9.17, 15) is 0 Å². The van der Waals surface area contributed by atoms with Gasteiger partial charge in [-0.25, -0.2) is 0 Å². The molecule has 0 amide bonds. The van der Waals surface area contributed by atoms with Crippen LogP contribution in [0, 0.1) is 5.92 Å². The normalized spacial score (nSPS) is 14.2. The number of ether oxygens (including phenoxy) is 1. The highest BCUT2D eigenvalue weighted by molar-refractivity contribution is 14.0. The fourth-order valence-electron chi connectivity index (χ4n) is 1.95. The van der Waals surface area contributed by atoms with Gasteiger partial charge >= 0.3 is 0 Å². The van der Waals surface area contributed by atoms with E-state index in [4.69, 9.17) is 4.74 Å². The Bertz CT molecular complexity index is 441. The van der Waals surface area contributed by atoms with E-state index >= 15 is 0 Å². The maximum Gasteiger partial charge on any atom is 0.191 e. The summed E-state index contributed by atoms with van der Waals surface area (Å²) in [5, 5.41) is 6.63. The summed E-state index contributed by atoms with van der Waals surface area (Å²) in [6, 6.07) is 10.5. The predicted molar refractivity (Wildman–Crippen MR) is 110 cm³/mol. The van der Waals surface area contributed by atoms with Crippen molar-refractivity contribution in [1.29, 1.82) is 0 Å². The number of guanidine groups is 1. The highest BCUT2D eigenvalue weighted by atomic mass is 127. The molecule has 23 heavy (non-hydrogen) atoms. The molecule has 0 spiro atoms. The molecule has 4 nitrogen and oxygen atoms in total. The van der Waals surface area contributed by atoms with E-state index in [2.05, 4.69) is 46.8 Å². The average molecular weight is 449 g/mol. The monoisotopic (exact) mass is 449 g/mol. The van der Waals surface area contributed by atoms with Crippen molar-refractivity contribution < 1.29 is 4.74 Å². The fourth-order valence-corrected chi connectivity index (χ4v) is 2.74. The molecule has 1 aromatic rings. The van der Waals surface area contributed by atoms with Crippen LogP contribution in [0.5, 0.6) is 0 Å². The molecule has 2 rings (SSSR count). The van der Waals surface area contributed by atoms with Crippen molar-refractivity contribution in [3.8, 4) is 0 Å². The molecule has 1 aliphatic rings. The quantitative estimate of drug-likeness (QED) is 0.189. The second-order valence-corrected chi connectivity index (χ2v) is 6.54. The van der Waals surface area contributed by atoms with Gasteiger partial charge in [0.2, 0.25) is 0 Å². The summed E-state index contributed by atoms with van der Waals surface area (Å²) in [5.74, 6) is 2.73. The number of halogens is 1. The lowest BCUT2D eigenvalue weighted by atomic mass is 10.4. The van der Waals surface area contributed by atoms with E-state index in [1.54, 1.807) is 0 Å². The summed E-state index contributed by atoms with van der Waals surface area (Å²) in [7, 11) is 0. The summed E-state index contributed by atoms with van der Waals surface area (Å²) in [6.07, 6.45) is 2.68. The minimum Gasteiger partial charge on any atom is -0.379 e. The van der Waals surface area contributed by atoms with E-state index in [-0.39, 0.29) is 24.0 Å². The van der Waals surface area contributed by atoms with Crippen molar-refractivity contribution in [3.05, 3.63) is 30.3 Å². The molecule has 0 atom stereocenters. The van der Waals surface area contributed by atoms with Gasteiger partial charge in [0.25, 0.3) is 0 Å². The van der Waals surface area contributed by atoms with Gasteiger partial charge in [-0.05, 0) is 37.8 Å². The van der Waals surface area contributed by atoms with Gasteiger partial charge in [0, 0.05) is 30.3 Å². The third-order valence-electron chi connectivity index (χ3n) is 3.31. The van der Waals surface area contributed by atoms with Gasteiger partial charge in [-0.15, -0.1) is 35.7 Å². The Hall–Kier alpha value is -0.470. The van der Waals surface area contributed by atoms with Crippen LogP contribution in [-0.2, 0) is 4.74 Å². The number of rotatable bonds is 10. The molecule has 0 heterocycles. The van der Waals surface area contributed by atoms with E-state index < -0.39 is 0 Å². The van der Waals surface area contributed by atoms with E-state index in [0.717, 1.165) is 37.3 Å². The van der Waals surface area contributed by atoms with Crippen LogP contribution in [0.1, 0.15) is 19.8 Å². The van der Waals surface area contributed by atoms with Crippen LogP contribution < -0.4 is 10.6 Å². The Balaban J connectivity index is 0.00000264. The molecule has 1 fully saturated rings. The van der Waals surface area contributed by atoms with Crippen molar-refractivity contribution >= 4 is 41.7 Å². The second-order valence-electron chi connectivity index (χ2n) is 5.37. The number of aliphatic imine (C=N–C) groups is 1. The Morgan fingerprint density at radius 2 is 2.04 bits per heavy atom. The van der Waals surface area contributed by atoms with Gasteiger partial charge in [0.15, 0.2) is 5.96 Å². The maximum absolute atomic E-state index is 5.60. The summed E-state index contributed by atoms with van der Waals surface area (Å²) in [5.41, 5.74) is 0. The van der Waals surface area contributed by atoms with Gasteiger partial charge in [-0.3, -0.25) is 4.99 Å². The Kier molecular flexibility index (Phi) is 11.5. The number of hydrogen-bond donors (Lipinski definition) is 2. The van der Waals surface area contributed by atoms with Crippen LogP contribution in [-0.4, -0.2) is 44.6 Å². The largest absolute Gasteiger partial charge is 0.379 e.